The summed E-state index contributed by atoms with van der Waals surface area (Å²) >= 11 is 0. The quantitative estimate of drug-likeness (QED) is 0.761. The normalized spacial score (nSPS) is 20.4. The lowest BCUT2D eigenvalue weighted by Crippen LogP contribution is -2.28. The first-order chi connectivity index (χ1) is 7.93. The average molecular weight is 220 g/mol. The SMILES string of the molecule is c1ncc2nnnn2c1OCC1CCCN1. The fraction of sp³-hybridized carbons (Fsp3) is 0.556. The molecule has 1 unspecified atom stereocenters. The lowest BCUT2D eigenvalue weighted by Gasteiger charge is -2.11. The molecule has 0 radical (unpaired) electrons. The maximum atomic E-state index is 5.66. The fourth-order valence-corrected chi connectivity index (χ4v) is 1.84. The Labute approximate surface area is 91.8 Å². The molecule has 0 bridgehead atoms. The van der Waals surface area contributed by atoms with Gasteiger partial charge in [-0.1, -0.05) is 0 Å². The molecule has 0 amide bonds. The summed E-state index contributed by atoms with van der Waals surface area (Å²) in [6.07, 6.45) is 5.58. The molecule has 3 rings (SSSR count). The molecule has 16 heavy (non-hydrogen) atoms. The molecule has 0 aromatic carbocycles. The van der Waals surface area contributed by atoms with Crippen LogP contribution in [-0.4, -0.2) is 44.2 Å². The molecular formula is C9H12N6O. The Morgan fingerprint density at radius 1 is 1.50 bits per heavy atom. The van der Waals surface area contributed by atoms with Crippen LogP contribution in [0.3, 0.4) is 0 Å². The summed E-state index contributed by atoms with van der Waals surface area (Å²) in [6.45, 7) is 1.70. The number of hydrogen-bond acceptors (Lipinski definition) is 6. The maximum absolute atomic E-state index is 5.66. The largest absolute Gasteiger partial charge is 0.475 e. The Kier molecular flexibility index (Phi) is 2.37. The van der Waals surface area contributed by atoms with Gasteiger partial charge in [-0.3, -0.25) is 4.98 Å². The van der Waals surface area contributed by atoms with Crippen LogP contribution in [0, 0.1) is 0 Å². The van der Waals surface area contributed by atoms with Gasteiger partial charge < -0.3 is 10.1 Å². The van der Waals surface area contributed by atoms with E-state index in [-0.39, 0.29) is 0 Å². The molecular weight excluding hydrogens is 208 g/mol. The molecule has 1 N–H and O–H groups in total. The molecule has 1 fully saturated rings. The van der Waals surface area contributed by atoms with Crippen LogP contribution in [0.15, 0.2) is 12.4 Å². The Morgan fingerprint density at radius 2 is 2.50 bits per heavy atom. The third-order valence-electron chi connectivity index (χ3n) is 2.67. The van der Waals surface area contributed by atoms with E-state index in [1.54, 1.807) is 16.9 Å². The monoisotopic (exact) mass is 220 g/mol. The number of nitrogens with zero attached hydrogens (tertiary/aromatic N) is 5. The van der Waals surface area contributed by atoms with E-state index < -0.39 is 0 Å². The second-order valence-electron chi connectivity index (χ2n) is 3.80. The highest BCUT2D eigenvalue weighted by Crippen LogP contribution is 2.11. The van der Waals surface area contributed by atoms with Crippen molar-refractivity contribution in [2.24, 2.45) is 0 Å². The number of rotatable bonds is 3. The van der Waals surface area contributed by atoms with Gasteiger partial charge in [0.15, 0.2) is 0 Å². The van der Waals surface area contributed by atoms with Gasteiger partial charge in [-0.05, 0) is 29.8 Å². The van der Waals surface area contributed by atoms with Gasteiger partial charge in [-0.2, -0.15) is 4.52 Å². The van der Waals surface area contributed by atoms with Crippen LogP contribution in [0.2, 0.25) is 0 Å². The van der Waals surface area contributed by atoms with Crippen molar-refractivity contribution in [2.45, 2.75) is 18.9 Å². The van der Waals surface area contributed by atoms with Gasteiger partial charge in [0.2, 0.25) is 11.5 Å². The number of hydrogen-bond donors (Lipinski definition) is 1. The number of ether oxygens (including phenoxy) is 1. The first-order valence-electron chi connectivity index (χ1n) is 5.32. The lowest BCUT2D eigenvalue weighted by atomic mass is 10.2. The molecule has 0 saturated carbocycles. The maximum Gasteiger partial charge on any atom is 0.237 e. The summed E-state index contributed by atoms with van der Waals surface area (Å²) in [5, 5.41) is 14.6. The summed E-state index contributed by atoms with van der Waals surface area (Å²) in [5.74, 6) is 0.580. The van der Waals surface area contributed by atoms with Gasteiger partial charge in [-0.15, -0.1) is 5.10 Å². The highest BCUT2D eigenvalue weighted by Gasteiger charge is 2.15. The van der Waals surface area contributed by atoms with Crippen molar-refractivity contribution in [3.63, 3.8) is 0 Å². The third kappa shape index (κ3) is 1.69. The van der Waals surface area contributed by atoms with Gasteiger partial charge in [0, 0.05) is 6.04 Å². The summed E-state index contributed by atoms with van der Waals surface area (Å²) in [6, 6.07) is 0.423. The molecule has 7 heteroatoms. The molecule has 1 aliphatic heterocycles. The molecule has 0 spiro atoms. The van der Waals surface area contributed by atoms with Crippen LogP contribution >= 0.6 is 0 Å². The molecule has 7 nitrogen and oxygen atoms in total. The molecule has 2 aromatic rings. The molecule has 3 heterocycles. The number of tetrazole rings is 1. The molecule has 1 saturated heterocycles. The number of nitrogens with one attached hydrogen (secondary N) is 1. The van der Waals surface area contributed by atoms with E-state index in [0.29, 0.717) is 24.2 Å². The van der Waals surface area contributed by atoms with E-state index in [1.807, 2.05) is 0 Å². The zero-order chi connectivity index (χ0) is 10.8. The zero-order valence-corrected chi connectivity index (χ0v) is 8.70. The summed E-state index contributed by atoms with van der Waals surface area (Å²) in [7, 11) is 0. The van der Waals surface area contributed by atoms with Crippen molar-refractivity contribution < 1.29 is 4.74 Å². The van der Waals surface area contributed by atoms with Crippen molar-refractivity contribution in [1.29, 1.82) is 0 Å². The van der Waals surface area contributed by atoms with E-state index >= 15 is 0 Å². The van der Waals surface area contributed by atoms with Gasteiger partial charge in [-0.25, -0.2) is 0 Å². The van der Waals surface area contributed by atoms with Gasteiger partial charge in [0.25, 0.3) is 0 Å². The van der Waals surface area contributed by atoms with Crippen LogP contribution in [0.1, 0.15) is 12.8 Å². The molecule has 2 aromatic heterocycles. The van der Waals surface area contributed by atoms with E-state index in [0.717, 1.165) is 13.0 Å². The smallest absolute Gasteiger partial charge is 0.237 e. The van der Waals surface area contributed by atoms with Gasteiger partial charge in [0.1, 0.15) is 6.61 Å². The minimum absolute atomic E-state index is 0.423. The second-order valence-corrected chi connectivity index (χ2v) is 3.80. The van der Waals surface area contributed by atoms with Crippen LogP contribution in [0.25, 0.3) is 5.65 Å². The van der Waals surface area contributed by atoms with Crippen LogP contribution in [0.5, 0.6) is 5.88 Å². The van der Waals surface area contributed by atoms with Crippen molar-refractivity contribution >= 4 is 5.65 Å². The van der Waals surface area contributed by atoms with Crippen molar-refractivity contribution in [2.75, 3.05) is 13.2 Å². The second kappa shape index (κ2) is 4.01. The highest BCUT2D eigenvalue weighted by atomic mass is 16.5. The molecule has 0 aliphatic carbocycles. The van der Waals surface area contributed by atoms with Gasteiger partial charge >= 0.3 is 0 Å². The topological polar surface area (TPSA) is 77.2 Å². The number of fused-ring (bicyclic) bond motifs is 1. The van der Waals surface area contributed by atoms with Crippen molar-refractivity contribution in [1.82, 2.24) is 30.3 Å². The van der Waals surface area contributed by atoms with Crippen molar-refractivity contribution in [3.8, 4) is 5.88 Å². The van der Waals surface area contributed by atoms with E-state index in [9.17, 15) is 0 Å². The third-order valence-corrected chi connectivity index (χ3v) is 2.67. The molecule has 84 valence electrons. The Hall–Kier alpha value is -1.76. The van der Waals surface area contributed by atoms with Crippen molar-refractivity contribution in [3.05, 3.63) is 12.4 Å². The standard InChI is InChI=1S/C9H12N6O/c1-2-7(11-3-1)6-16-9-5-10-4-8-12-13-14-15(8)9/h4-5,7,11H,1-3,6H2. The van der Waals surface area contributed by atoms with Crippen LogP contribution in [0.4, 0.5) is 0 Å². The number of aromatic nitrogens is 5. The first kappa shape index (κ1) is 9.46. The summed E-state index contributed by atoms with van der Waals surface area (Å²) in [5.41, 5.74) is 0.594. The average Bonchev–Trinajstić information content (AvgIpc) is 2.97. The highest BCUT2D eigenvalue weighted by molar-refractivity contribution is 5.34. The Bertz CT molecular complexity index is 478. The minimum atomic E-state index is 0.423. The molecule has 1 atom stereocenters. The summed E-state index contributed by atoms with van der Waals surface area (Å²) in [4.78, 5) is 4.02. The minimum Gasteiger partial charge on any atom is -0.475 e. The predicted octanol–water partition coefficient (Wildman–Crippen LogP) is -0.350. The Morgan fingerprint density at radius 3 is 3.38 bits per heavy atom. The first-order valence-corrected chi connectivity index (χ1v) is 5.32. The van der Waals surface area contributed by atoms with E-state index in [2.05, 4.69) is 25.8 Å². The predicted molar refractivity (Wildman–Crippen MR) is 55.1 cm³/mol. The fourth-order valence-electron chi connectivity index (χ4n) is 1.84. The van der Waals surface area contributed by atoms with Gasteiger partial charge in [0.05, 0.1) is 12.4 Å². The lowest BCUT2D eigenvalue weighted by molar-refractivity contribution is 0.260. The van der Waals surface area contributed by atoms with Crippen LogP contribution < -0.4 is 10.1 Å². The molecule has 1 aliphatic rings. The Balaban J connectivity index is 1.75. The van der Waals surface area contributed by atoms with E-state index in [4.69, 9.17) is 4.74 Å². The van der Waals surface area contributed by atoms with Crippen LogP contribution in [-0.2, 0) is 0 Å². The zero-order valence-electron chi connectivity index (χ0n) is 8.70. The van der Waals surface area contributed by atoms with E-state index in [1.165, 1.54) is 6.42 Å². The summed E-state index contributed by atoms with van der Waals surface area (Å²) < 4.78 is 7.20.